The van der Waals surface area contributed by atoms with Crippen molar-refractivity contribution in [2.45, 2.75) is 32.8 Å². The topological polar surface area (TPSA) is 55.2 Å². The van der Waals surface area contributed by atoms with Crippen LogP contribution in [0.2, 0.25) is 0 Å². The maximum absolute atomic E-state index is 8.76. The van der Waals surface area contributed by atoms with Gasteiger partial charge in [-0.25, -0.2) is 9.97 Å². The molecule has 0 atom stereocenters. The summed E-state index contributed by atoms with van der Waals surface area (Å²) in [6, 6.07) is 0. The summed E-state index contributed by atoms with van der Waals surface area (Å²) in [7, 11) is 0. The Morgan fingerprint density at radius 3 is 3.07 bits per heavy atom. The normalized spacial score (nSPS) is 15.1. The zero-order valence-corrected chi connectivity index (χ0v) is 8.99. The van der Waals surface area contributed by atoms with E-state index in [9.17, 15) is 0 Å². The lowest BCUT2D eigenvalue weighted by Crippen LogP contribution is -2.16. The molecule has 0 bridgehead atoms. The quantitative estimate of drug-likeness (QED) is 0.797. The average molecular weight is 208 g/mol. The summed E-state index contributed by atoms with van der Waals surface area (Å²) in [5.41, 5.74) is 3.34. The van der Waals surface area contributed by atoms with E-state index in [0.29, 0.717) is 6.61 Å². The zero-order valence-electron chi connectivity index (χ0n) is 8.99. The fourth-order valence-corrected chi connectivity index (χ4v) is 1.85. The Hall–Kier alpha value is -1.00. The van der Waals surface area contributed by atoms with E-state index < -0.39 is 0 Å². The number of aliphatic hydroxyl groups is 1. The van der Waals surface area contributed by atoms with Crippen molar-refractivity contribution in [2.24, 2.45) is 0 Å². The van der Waals surface area contributed by atoms with Crippen LogP contribution >= 0.6 is 0 Å². The lowest BCUT2D eigenvalue weighted by atomic mass is 10.1. The van der Waals surface area contributed by atoms with Crippen molar-refractivity contribution >= 4 is 0 Å². The number of aliphatic hydroxyl groups excluding tert-OH is 1. The highest BCUT2D eigenvalue weighted by Crippen LogP contribution is 2.17. The maximum atomic E-state index is 8.76. The Morgan fingerprint density at radius 1 is 1.40 bits per heavy atom. The van der Waals surface area contributed by atoms with E-state index >= 15 is 0 Å². The molecule has 1 N–H and O–H groups in total. The lowest BCUT2D eigenvalue weighted by Gasteiger charge is -2.17. The van der Waals surface area contributed by atoms with Gasteiger partial charge in [0.1, 0.15) is 5.82 Å². The predicted octanol–water partition coefficient (Wildman–Crippen LogP) is 0.783. The molecule has 0 aliphatic carbocycles. The summed E-state index contributed by atoms with van der Waals surface area (Å²) in [5.74, 6) is 0.825. The molecule has 1 aliphatic rings. The maximum Gasteiger partial charge on any atom is 0.129 e. The highest BCUT2D eigenvalue weighted by atomic mass is 16.5. The molecule has 0 unspecified atom stereocenters. The molecule has 0 saturated heterocycles. The van der Waals surface area contributed by atoms with Crippen molar-refractivity contribution in [3.8, 4) is 0 Å². The summed E-state index contributed by atoms with van der Waals surface area (Å²) in [5, 5.41) is 8.76. The number of ether oxygens (including phenoxy) is 1. The van der Waals surface area contributed by atoms with Gasteiger partial charge >= 0.3 is 0 Å². The molecule has 2 heterocycles. The number of hydrogen-bond acceptors (Lipinski definition) is 4. The van der Waals surface area contributed by atoms with Crippen molar-refractivity contribution in [2.75, 3.05) is 13.2 Å². The second-order valence-corrected chi connectivity index (χ2v) is 3.78. The fraction of sp³-hybridized carbons (Fsp3) is 0.636. The minimum absolute atomic E-state index is 0.190. The Balaban J connectivity index is 2.24. The summed E-state index contributed by atoms with van der Waals surface area (Å²) >= 11 is 0. The molecule has 15 heavy (non-hydrogen) atoms. The van der Waals surface area contributed by atoms with Gasteiger partial charge in [-0.1, -0.05) is 0 Å². The SMILES string of the molecule is Cc1nc(CCCO)nc2c1CCOC2. The van der Waals surface area contributed by atoms with Crippen LogP contribution in [0.25, 0.3) is 0 Å². The van der Waals surface area contributed by atoms with Crippen LogP contribution in [0.3, 0.4) is 0 Å². The summed E-state index contributed by atoms with van der Waals surface area (Å²) in [4.78, 5) is 8.91. The smallest absolute Gasteiger partial charge is 0.129 e. The number of nitrogens with zero attached hydrogens (tertiary/aromatic N) is 2. The van der Waals surface area contributed by atoms with Crippen molar-refractivity contribution in [3.63, 3.8) is 0 Å². The number of rotatable bonds is 3. The Kier molecular flexibility index (Phi) is 3.28. The van der Waals surface area contributed by atoms with E-state index in [-0.39, 0.29) is 6.61 Å². The number of aromatic nitrogens is 2. The van der Waals surface area contributed by atoms with E-state index in [0.717, 1.165) is 43.1 Å². The van der Waals surface area contributed by atoms with Crippen LogP contribution in [0.4, 0.5) is 0 Å². The van der Waals surface area contributed by atoms with Gasteiger partial charge in [0.05, 0.1) is 18.9 Å². The summed E-state index contributed by atoms with van der Waals surface area (Å²) in [6.45, 7) is 3.59. The molecular formula is C11H16N2O2. The van der Waals surface area contributed by atoms with Crippen LogP contribution in [0, 0.1) is 6.92 Å². The Bertz CT molecular complexity index is 353. The van der Waals surface area contributed by atoms with Gasteiger partial charge in [0, 0.05) is 18.7 Å². The van der Waals surface area contributed by atoms with Crippen molar-refractivity contribution in [1.82, 2.24) is 9.97 Å². The first-order valence-electron chi connectivity index (χ1n) is 5.35. The molecule has 0 amide bonds. The van der Waals surface area contributed by atoms with E-state index in [4.69, 9.17) is 9.84 Å². The number of hydrogen-bond donors (Lipinski definition) is 1. The molecule has 1 aliphatic heterocycles. The molecule has 82 valence electrons. The molecule has 0 aromatic carbocycles. The molecule has 4 nitrogen and oxygen atoms in total. The minimum atomic E-state index is 0.190. The monoisotopic (exact) mass is 208 g/mol. The molecule has 0 fully saturated rings. The van der Waals surface area contributed by atoms with Crippen LogP contribution in [0.1, 0.15) is 29.2 Å². The van der Waals surface area contributed by atoms with Gasteiger partial charge in [-0.15, -0.1) is 0 Å². The number of fused-ring (bicyclic) bond motifs is 1. The van der Waals surface area contributed by atoms with Crippen LogP contribution in [0.15, 0.2) is 0 Å². The molecule has 0 saturated carbocycles. The third kappa shape index (κ3) is 2.33. The van der Waals surface area contributed by atoms with Crippen molar-refractivity contribution < 1.29 is 9.84 Å². The Labute approximate surface area is 89.3 Å². The van der Waals surface area contributed by atoms with E-state index in [1.807, 2.05) is 6.92 Å². The molecule has 0 spiro atoms. The third-order valence-corrected chi connectivity index (χ3v) is 2.64. The van der Waals surface area contributed by atoms with E-state index in [1.165, 1.54) is 5.56 Å². The average Bonchev–Trinajstić information content (AvgIpc) is 2.26. The van der Waals surface area contributed by atoms with Crippen molar-refractivity contribution in [1.29, 1.82) is 0 Å². The molecule has 1 aromatic rings. The van der Waals surface area contributed by atoms with Gasteiger partial charge in [0.25, 0.3) is 0 Å². The third-order valence-electron chi connectivity index (χ3n) is 2.64. The van der Waals surface area contributed by atoms with Gasteiger partial charge in [-0.2, -0.15) is 0 Å². The van der Waals surface area contributed by atoms with Gasteiger partial charge in [-0.05, 0) is 25.3 Å². The largest absolute Gasteiger partial charge is 0.396 e. The highest BCUT2D eigenvalue weighted by molar-refractivity contribution is 5.26. The van der Waals surface area contributed by atoms with Gasteiger partial charge in [0.2, 0.25) is 0 Å². The van der Waals surface area contributed by atoms with Crippen LogP contribution < -0.4 is 0 Å². The predicted molar refractivity (Wildman–Crippen MR) is 55.5 cm³/mol. The summed E-state index contributed by atoms with van der Waals surface area (Å²) < 4.78 is 5.37. The number of aryl methyl sites for hydroxylation is 2. The zero-order chi connectivity index (χ0) is 10.7. The standard InChI is InChI=1S/C11H16N2O2/c1-8-9-4-6-15-7-10(9)13-11(12-8)3-2-5-14/h14H,2-7H2,1H3. The lowest BCUT2D eigenvalue weighted by molar-refractivity contribution is 0.106. The van der Waals surface area contributed by atoms with Gasteiger partial charge in [0.15, 0.2) is 0 Å². The first kappa shape index (κ1) is 10.5. The highest BCUT2D eigenvalue weighted by Gasteiger charge is 2.15. The molecule has 4 heteroatoms. The van der Waals surface area contributed by atoms with E-state index in [2.05, 4.69) is 9.97 Å². The minimum Gasteiger partial charge on any atom is -0.396 e. The van der Waals surface area contributed by atoms with Crippen LogP contribution in [0.5, 0.6) is 0 Å². The van der Waals surface area contributed by atoms with Crippen LogP contribution in [-0.2, 0) is 24.2 Å². The van der Waals surface area contributed by atoms with Crippen molar-refractivity contribution in [3.05, 3.63) is 22.8 Å². The first-order chi connectivity index (χ1) is 7.31. The van der Waals surface area contributed by atoms with E-state index in [1.54, 1.807) is 0 Å². The van der Waals surface area contributed by atoms with Crippen LogP contribution in [-0.4, -0.2) is 28.3 Å². The second-order valence-electron chi connectivity index (χ2n) is 3.78. The Morgan fingerprint density at radius 2 is 2.27 bits per heavy atom. The van der Waals surface area contributed by atoms with Gasteiger partial charge < -0.3 is 9.84 Å². The molecule has 0 radical (unpaired) electrons. The summed E-state index contributed by atoms with van der Waals surface area (Å²) in [6.07, 6.45) is 2.38. The molecule has 2 rings (SSSR count). The molecule has 1 aromatic heterocycles. The second kappa shape index (κ2) is 4.68. The fourth-order valence-electron chi connectivity index (χ4n) is 1.85. The van der Waals surface area contributed by atoms with Gasteiger partial charge in [-0.3, -0.25) is 0 Å². The molecular weight excluding hydrogens is 192 g/mol. The first-order valence-corrected chi connectivity index (χ1v) is 5.35.